The summed E-state index contributed by atoms with van der Waals surface area (Å²) >= 11 is 0. The number of carbonyl (C=O) groups is 1. The molecule has 5 heteroatoms. The molecule has 0 unspecified atom stereocenters. The number of aromatic amines is 1. The summed E-state index contributed by atoms with van der Waals surface area (Å²) in [6, 6.07) is 0. The van der Waals surface area contributed by atoms with Gasteiger partial charge in [-0.15, -0.1) is 0 Å². The Labute approximate surface area is 89.7 Å². The first-order valence-electron chi connectivity index (χ1n) is 5.44. The number of H-pyrrole nitrogens is 1. The SMILES string of the molecule is CCCCCCC(=O)NCc1ncn[nH]1. The molecular weight excluding hydrogens is 192 g/mol. The Morgan fingerprint density at radius 3 is 3.00 bits per heavy atom. The first kappa shape index (κ1) is 11.7. The van der Waals surface area contributed by atoms with Crippen molar-refractivity contribution in [2.75, 3.05) is 0 Å². The van der Waals surface area contributed by atoms with Crippen LogP contribution >= 0.6 is 0 Å². The van der Waals surface area contributed by atoms with E-state index in [1.165, 1.54) is 19.2 Å². The molecule has 84 valence electrons. The second-order valence-electron chi connectivity index (χ2n) is 3.52. The Bertz CT molecular complexity index is 271. The van der Waals surface area contributed by atoms with E-state index in [0.717, 1.165) is 12.8 Å². The van der Waals surface area contributed by atoms with Crippen LogP contribution in [-0.4, -0.2) is 21.1 Å². The van der Waals surface area contributed by atoms with Gasteiger partial charge in [-0.25, -0.2) is 4.98 Å². The summed E-state index contributed by atoms with van der Waals surface area (Å²) in [7, 11) is 0. The summed E-state index contributed by atoms with van der Waals surface area (Å²) in [5, 5.41) is 9.18. The molecule has 0 saturated carbocycles. The third-order valence-corrected chi connectivity index (χ3v) is 2.18. The zero-order chi connectivity index (χ0) is 10.9. The molecule has 0 saturated heterocycles. The van der Waals surface area contributed by atoms with E-state index in [0.29, 0.717) is 18.8 Å². The maximum atomic E-state index is 11.3. The summed E-state index contributed by atoms with van der Waals surface area (Å²) in [4.78, 5) is 15.2. The van der Waals surface area contributed by atoms with Crippen molar-refractivity contribution in [1.82, 2.24) is 20.5 Å². The van der Waals surface area contributed by atoms with Gasteiger partial charge in [-0.3, -0.25) is 9.89 Å². The second-order valence-corrected chi connectivity index (χ2v) is 3.52. The minimum atomic E-state index is 0.0857. The van der Waals surface area contributed by atoms with E-state index in [2.05, 4.69) is 27.4 Å². The Hall–Kier alpha value is -1.39. The third-order valence-electron chi connectivity index (χ3n) is 2.18. The van der Waals surface area contributed by atoms with Gasteiger partial charge in [0.2, 0.25) is 5.91 Å². The maximum Gasteiger partial charge on any atom is 0.220 e. The molecule has 0 aliphatic carbocycles. The van der Waals surface area contributed by atoms with Gasteiger partial charge in [0, 0.05) is 6.42 Å². The molecule has 1 rings (SSSR count). The van der Waals surface area contributed by atoms with Crippen molar-refractivity contribution < 1.29 is 4.79 Å². The molecule has 5 nitrogen and oxygen atoms in total. The van der Waals surface area contributed by atoms with E-state index >= 15 is 0 Å². The van der Waals surface area contributed by atoms with Gasteiger partial charge in [0.25, 0.3) is 0 Å². The van der Waals surface area contributed by atoms with Gasteiger partial charge in [0.15, 0.2) is 0 Å². The third kappa shape index (κ3) is 5.15. The van der Waals surface area contributed by atoms with Gasteiger partial charge in [-0.05, 0) is 6.42 Å². The highest BCUT2D eigenvalue weighted by Gasteiger charge is 2.01. The second kappa shape index (κ2) is 6.98. The van der Waals surface area contributed by atoms with Crippen molar-refractivity contribution >= 4 is 5.91 Å². The molecule has 0 aromatic carbocycles. The molecule has 1 amide bonds. The number of hydrogen-bond acceptors (Lipinski definition) is 3. The zero-order valence-corrected chi connectivity index (χ0v) is 9.12. The quantitative estimate of drug-likeness (QED) is 0.668. The van der Waals surface area contributed by atoms with Crippen LogP contribution in [0.15, 0.2) is 6.33 Å². The van der Waals surface area contributed by atoms with Crippen molar-refractivity contribution in [2.45, 2.75) is 45.6 Å². The van der Waals surface area contributed by atoms with Crippen LogP contribution in [0.3, 0.4) is 0 Å². The van der Waals surface area contributed by atoms with Crippen molar-refractivity contribution in [3.8, 4) is 0 Å². The summed E-state index contributed by atoms with van der Waals surface area (Å²) in [5.74, 6) is 0.777. The molecule has 0 atom stereocenters. The fraction of sp³-hybridized carbons (Fsp3) is 0.700. The number of nitrogens with one attached hydrogen (secondary N) is 2. The van der Waals surface area contributed by atoms with E-state index in [-0.39, 0.29) is 5.91 Å². The van der Waals surface area contributed by atoms with Gasteiger partial charge in [-0.2, -0.15) is 5.10 Å². The Balaban J connectivity index is 2.04. The van der Waals surface area contributed by atoms with Gasteiger partial charge >= 0.3 is 0 Å². The Kier molecular flexibility index (Phi) is 5.43. The minimum absolute atomic E-state index is 0.0857. The van der Waals surface area contributed by atoms with Crippen LogP contribution in [0.1, 0.15) is 44.9 Å². The normalized spacial score (nSPS) is 10.2. The van der Waals surface area contributed by atoms with E-state index in [1.54, 1.807) is 0 Å². The van der Waals surface area contributed by atoms with Crippen LogP contribution in [-0.2, 0) is 11.3 Å². The fourth-order valence-electron chi connectivity index (χ4n) is 1.30. The maximum absolute atomic E-state index is 11.3. The van der Waals surface area contributed by atoms with E-state index in [4.69, 9.17) is 0 Å². The van der Waals surface area contributed by atoms with E-state index in [1.807, 2.05) is 0 Å². The van der Waals surface area contributed by atoms with Crippen LogP contribution in [0.4, 0.5) is 0 Å². The smallest absolute Gasteiger partial charge is 0.220 e. The summed E-state index contributed by atoms with van der Waals surface area (Å²) < 4.78 is 0. The Morgan fingerprint density at radius 2 is 2.33 bits per heavy atom. The molecule has 0 radical (unpaired) electrons. The van der Waals surface area contributed by atoms with Crippen LogP contribution < -0.4 is 5.32 Å². The number of amides is 1. The van der Waals surface area contributed by atoms with Crippen LogP contribution in [0.25, 0.3) is 0 Å². The molecule has 0 aliphatic heterocycles. The van der Waals surface area contributed by atoms with Gasteiger partial charge in [0.1, 0.15) is 12.2 Å². The number of nitrogens with zero attached hydrogens (tertiary/aromatic N) is 2. The van der Waals surface area contributed by atoms with Crippen molar-refractivity contribution in [2.24, 2.45) is 0 Å². The molecule has 0 bridgehead atoms. The lowest BCUT2D eigenvalue weighted by molar-refractivity contribution is -0.121. The highest BCUT2D eigenvalue weighted by Crippen LogP contribution is 2.02. The average Bonchev–Trinajstić information content (AvgIpc) is 2.74. The molecule has 1 aromatic rings. The average molecular weight is 210 g/mol. The van der Waals surface area contributed by atoms with Crippen molar-refractivity contribution in [1.29, 1.82) is 0 Å². The monoisotopic (exact) mass is 210 g/mol. The molecular formula is C10H18N4O. The van der Waals surface area contributed by atoms with Gasteiger partial charge in [0.05, 0.1) is 6.54 Å². The molecule has 15 heavy (non-hydrogen) atoms. The predicted octanol–water partition coefficient (Wildman–Crippen LogP) is 1.39. The first-order chi connectivity index (χ1) is 7.33. The first-order valence-corrected chi connectivity index (χ1v) is 5.44. The molecule has 1 aromatic heterocycles. The number of aromatic nitrogens is 3. The van der Waals surface area contributed by atoms with Crippen LogP contribution in [0, 0.1) is 0 Å². The number of unbranched alkanes of at least 4 members (excludes halogenated alkanes) is 3. The minimum Gasteiger partial charge on any atom is -0.349 e. The summed E-state index contributed by atoms with van der Waals surface area (Å²) in [5.41, 5.74) is 0. The fourth-order valence-corrected chi connectivity index (χ4v) is 1.30. The lowest BCUT2D eigenvalue weighted by atomic mass is 10.1. The van der Waals surface area contributed by atoms with E-state index < -0.39 is 0 Å². The predicted molar refractivity (Wildman–Crippen MR) is 57.0 cm³/mol. The van der Waals surface area contributed by atoms with Gasteiger partial charge in [-0.1, -0.05) is 26.2 Å². The van der Waals surface area contributed by atoms with Gasteiger partial charge < -0.3 is 5.32 Å². The largest absolute Gasteiger partial charge is 0.349 e. The number of carbonyl (C=O) groups excluding carboxylic acids is 1. The molecule has 0 aliphatic rings. The van der Waals surface area contributed by atoms with Crippen molar-refractivity contribution in [3.63, 3.8) is 0 Å². The zero-order valence-electron chi connectivity index (χ0n) is 9.12. The summed E-state index contributed by atoms with van der Waals surface area (Å²) in [6.07, 6.45) is 6.54. The summed E-state index contributed by atoms with van der Waals surface area (Å²) in [6.45, 7) is 2.59. The highest BCUT2D eigenvalue weighted by molar-refractivity contribution is 5.75. The molecule has 1 heterocycles. The number of hydrogen-bond donors (Lipinski definition) is 2. The lowest BCUT2D eigenvalue weighted by Gasteiger charge is -2.02. The van der Waals surface area contributed by atoms with E-state index in [9.17, 15) is 4.79 Å². The highest BCUT2D eigenvalue weighted by atomic mass is 16.1. The Morgan fingerprint density at radius 1 is 1.47 bits per heavy atom. The standard InChI is InChI=1S/C10H18N4O/c1-2-3-4-5-6-10(15)11-7-9-12-8-13-14-9/h8H,2-7H2,1H3,(H,11,15)(H,12,13,14). The molecule has 0 spiro atoms. The topological polar surface area (TPSA) is 70.7 Å². The molecule has 2 N–H and O–H groups in total. The van der Waals surface area contributed by atoms with Crippen LogP contribution in [0.5, 0.6) is 0 Å². The molecule has 0 fully saturated rings. The van der Waals surface area contributed by atoms with Crippen molar-refractivity contribution in [3.05, 3.63) is 12.2 Å². The number of rotatable bonds is 7. The van der Waals surface area contributed by atoms with Crippen LogP contribution in [0.2, 0.25) is 0 Å². The lowest BCUT2D eigenvalue weighted by Crippen LogP contribution is -2.22.